The second kappa shape index (κ2) is 6.51. The molecule has 1 aliphatic rings. The van der Waals surface area contributed by atoms with Crippen LogP contribution in [-0.4, -0.2) is 40.7 Å². The van der Waals surface area contributed by atoms with Gasteiger partial charge in [-0.1, -0.05) is 6.07 Å². The van der Waals surface area contributed by atoms with Gasteiger partial charge in [-0.2, -0.15) is 0 Å². The fourth-order valence-electron chi connectivity index (χ4n) is 2.58. The minimum atomic E-state index is -0.961. The molecule has 0 aromatic carbocycles. The number of carboxylic acids is 1. The first-order chi connectivity index (χ1) is 11.1. The van der Waals surface area contributed by atoms with Crippen molar-refractivity contribution < 1.29 is 23.8 Å². The van der Waals surface area contributed by atoms with Gasteiger partial charge in [0.15, 0.2) is 0 Å². The lowest BCUT2D eigenvalue weighted by molar-refractivity contribution is -0.139. The molecule has 0 bridgehead atoms. The summed E-state index contributed by atoms with van der Waals surface area (Å²) in [6.45, 7) is 0.657. The Morgan fingerprint density at radius 3 is 3.00 bits per heavy atom. The fourth-order valence-corrected chi connectivity index (χ4v) is 3.24. The minimum Gasteiger partial charge on any atom is -0.481 e. The molecule has 122 valence electrons. The molecule has 7 nitrogen and oxygen atoms in total. The summed E-state index contributed by atoms with van der Waals surface area (Å²) in [4.78, 5) is 28.4. The molecule has 2 N–H and O–H groups in total. The van der Waals surface area contributed by atoms with E-state index < -0.39 is 11.5 Å². The predicted molar refractivity (Wildman–Crippen MR) is 82.1 cm³/mol. The van der Waals surface area contributed by atoms with E-state index in [2.05, 4.69) is 10.3 Å². The second-order valence-electron chi connectivity index (χ2n) is 5.50. The molecule has 0 saturated carbocycles. The molecular weight excluding hydrogens is 320 g/mol. The molecule has 1 atom stereocenters. The highest BCUT2D eigenvalue weighted by Crippen LogP contribution is 2.25. The molecular formula is C15H16N2O5S. The molecule has 3 heterocycles. The van der Waals surface area contributed by atoms with Gasteiger partial charge < -0.3 is 19.6 Å². The number of amides is 1. The fraction of sp³-hybridized carbons (Fsp3) is 0.400. The normalized spacial score (nSPS) is 20.5. The lowest BCUT2D eigenvalue weighted by atomic mass is 9.94. The number of thiophene rings is 1. The van der Waals surface area contributed by atoms with E-state index in [4.69, 9.17) is 14.3 Å². The van der Waals surface area contributed by atoms with Crippen LogP contribution in [-0.2, 0) is 20.7 Å². The second-order valence-corrected chi connectivity index (χ2v) is 6.45. The van der Waals surface area contributed by atoms with Gasteiger partial charge in [0, 0.05) is 6.61 Å². The molecule has 0 aliphatic carbocycles. The van der Waals surface area contributed by atoms with Crippen molar-refractivity contribution in [3.63, 3.8) is 0 Å². The van der Waals surface area contributed by atoms with Crippen LogP contribution in [0, 0.1) is 0 Å². The lowest BCUT2D eigenvalue weighted by Gasteiger charge is -2.26. The maximum Gasteiger partial charge on any atom is 0.305 e. The van der Waals surface area contributed by atoms with Crippen LogP contribution < -0.4 is 5.32 Å². The van der Waals surface area contributed by atoms with Crippen LogP contribution in [0.3, 0.4) is 0 Å². The van der Waals surface area contributed by atoms with E-state index in [0.29, 0.717) is 24.6 Å². The molecule has 23 heavy (non-hydrogen) atoms. The van der Waals surface area contributed by atoms with Crippen LogP contribution in [0.15, 0.2) is 28.2 Å². The minimum absolute atomic E-state index is 0.0379. The third kappa shape index (κ3) is 3.77. The highest BCUT2D eigenvalue weighted by atomic mass is 32.1. The van der Waals surface area contributed by atoms with Crippen LogP contribution >= 0.6 is 11.3 Å². The van der Waals surface area contributed by atoms with E-state index in [1.807, 2.05) is 17.5 Å². The zero-order chi connectivity index (χ0) is 16.3. The van der Waals surface area contributed by atoms with E-state index in [1.165, 1.54) is 17.6 Å². The number of ether oxygens (including phenoxy) is 1. The Bertz CT molecular complexity index is 689. The molecule has 0 spiro atoms. The number of oxazole rings is 1. The van der Waals surface area contributed by atoms with Gasteiger partial charge in [-0.15, -0.1) is 11.3 Å². The summed E-state index contributed by atoms with van der Waals surface area (Å²) < 4.78 is 10.6. The van der Waals surface area contributed by atoms with Gasteiger partial charge in [-0.25, -0.2) is 4.98 Å². The Kier molecular flexibility index (Phi) is 4.44. The highest BCUT2D eigenvalue weighted by Gasteiger charge is 2.38. The van der Waals surface area contributed by atoms with Crippen molar-refractivity contribution in [1.29, 1.82) is 0 Å². The summed E-state index contributed by atoms with van der Waals surface area (Å²) in [5.41, 5.74) is -0.321. The SMILES string of the molecule is O=C(O)CC1(NC(=O)Cc2coc(-c3cccs3)n2)CCOC1. The molecule has 1 unspecified atom stereocenters. The summed E-state index contributed by atoms with van der Waals surface area (Å²) in [5, 5.41) is 13.7. The number of rotatable bonds is 6. The topological polar surface area (TPSA) is 102 Å². The van der Waals surface area contributed by atoms with Crippen LogP contribution in [0.25, 0.3) is 10.8 Å². The number of nitrogens with zero attached hydrogens (tertiary/aromatic N) is 1. The van der Waals surface area contributed by atoms with Crippen molar-refractivity contribution in [2.24, 2.45) is 0 Å². The highest BCUT2D eigenvalue weighted by molar-refractivity contribution is 7.13. The molecule has 0 radical (unpaired) electrons. The third-order valence-corrected chi connectivity index (χ3v) is 4.48. The quantitative estimate of drug-likeness (QED) is 0.832. The Morgan fingerprint density at radius 1 is 1.48 bits per heavy atom. The zero-order valence-electron chi connectivity index (χ0n) is 12.3. The van der Waals surface area contributed by atoms with Crippen molar-refractivity contribution >= 4 is 23.2 Å². The van der Waals surface area contributed by atoms with E-state index in [1.54, 1.807) is 0 Å². The van der Waals surface area contributed by atoms with Crippen molar-refractivity contribution in [2.45, 2.75) is 24.8 Å². The van der Waals surface area contributed by atoms with E-state index in [0.717, 1.165) is 4.88 Å². The largest absolute Gasteiger partial charge is 0.481 e. The standard InChI is InChI=1S/C15H16N2O5S/c18-12(17-15(7-13(19)20)3-4-21-9-15)6-10-8-22-14(16-10)11-2-1-5-23-11/h1-2,5,8H,3-4,6-7,9H2,(H,17,18)(H,19,20). The third-order valence-electron chi connectivity index (χ3n) is 3.62. The Balaban J connectivity index is 1.63. The number of nitrogens with one attached hydrogen (secondary N) is 1. The zero-order valence-corrected chi connectivity index (χ0v) is 13.1. The number of carboxylic acid groups (broad SMARTS) is 1. The van der Waals surface area contributed by atoms with Gasteiger partial charge >= 0.3 is 5.97 Å². The molecule has 1 saturated heterocycles. The summed E-state index contributed by atoms with van der Waals surface area (Å²) in [6, 6.07) is 3.78. The summed E-state index contributed by atoms with van der Waals surface area (Å²) in [5.74, 6) is -0.771. The lowest BCUT2D eigenvalue weighted by Crippen LogP contribution is -2.51. The Morgan fingerprint density at radius 2 is 2.35 bits per heavy atom. The summed E-state index contributed by atoms with van der Waals surface area (Å²) in [7, 11) is 0. The average molecular weight is 336 g/mol. The van der Waals surface area contributed by atoms with Gasteiger partial charge in [0.2, 0.25) is 11.8 Å². The van der Waals surface area contributed by atoms with E-state index >= 15 is 0 Å². The van der Waals surface area contributed by atoms with Gasteiger partial charge in [0.25, 0.3) is 0 Å². The van der Waals surface area contributed by atoms with Gasteiger partial charge in [-0.05, 0) is 17.9 Å². The van der Waals surface area contributed by atoms with Crippen LogP contribution in [0.5, 0.6) is 0 Å². The smallest absolute Gasteiger partial charge is 0.305 e. The first-order valence-electron chi connectivity index (χ1n) is 7.15. The molecule has 3 rings (SSSR count). The number of aliphatic carboxylic acids is 1. The monoisotopic (exact) mass is 336 g/mol. The number of aromatic nitrogens is 1. The summed E-state index contributed by atoms with van der Waals surface area (Å²) >= 11 is 1.50. The maximum atomic E-state index is 12.2. The molecule has 1 fully saturated rings. The summed E-state index contributed by atoms with van der Waals surface area (Å²) in [6.07, 6.45) is 1.82. The van der Waals surface area contributed by atoms with E-state index in [-0.39, 0.29) is 25.4 Å². The van der Waals surface area contributed by atoms with Gasteiger partial charge in [-0.3, -0.25) is 9.59 Å². The number of hydrogen-bond acceptors (Lipinski definition) is 6. The molecule has 2 aromatic rings. The first kappa shape index (κ1) is 15.7. The number of hydrogen-bond donors (Lipinski definition) is 2. The Hall–Kier alpha value is -2.19. The maximum absolute atomic E-state index is 12.2. The van der Waals surface area contributed by atoms with E-state index in [9.17, 15) is 9.59 Å². The van der Waals surface area contributed by atoms with Crippen LogP contribution in [0.2, 0.25) is 0 Å². The van der Waals surface area contributed by atoms with Crippen molar-refractivity contribution in [2.75, 3.05) is 13.2 Å². The van der Waals surface area contributed by atoms with Gasteiger partial charge in [0.1, 0.15) is 6.26 Å². The molecule has 1 aliphatic heterocycles. The molecule has 8 heteroatoms. The Labute approximate surface area is 136 Å². The molecule has 1 amide bonds. The van der Waals surface area contributed by atoms with Crippen molar-refractivity contribution in [3.05, 3.63) is 29.5 Å². The predicted octanol–water partition coefficient (Wildman–Crippen LogP) is 1.70. The molecule has 2 aromatic heterocycles. The van der Waals surface area contributed by atoms with Crippen LogP contribution in [0.4, 0.5) is 0 Å². The number of carbonyl (C=O) groups excluding carboxylic acids is 1. The van der Waals surface area contributed by atoms with Crippen molar-refractivity contribution in [3.8, 4) is 10.8 Å². The van der Waals surface area contributed by atoms with Crippen LogP contribution in [0.1, 0.15) is 18.5 Å². The number of carbonyl (C=O) groups is 2. The average Bonchev–Trinajstić information content (AvgIpc) is 3.18. The first-order valence-corrected chi connectivity index (χ1v) is 8.03. The van der Waals surface area contributed by atoms with Gasteiger partial charge in [0.05, 0.1) is 35.6 Å². The van der Waals surface area contributed by atoms with Crippen molar-refractivity contribution in [1.82, 2.24) is 10.3 Å².